The van der Waals surface area contributed by atoms with Crippen molar-refractivity contribution in [3.63, 3.8) is 0 Å². The number of hydrogen-bond acceptors (Lipinski definition) is 5. The zero-order valence-electron chi connectivity index (χ0n) is 6.52. The van der Waals surface area contributed by atoms with E-state index in [0.717, 1.165) is 0 Å². The largest absolute Gasteiger partial charge is 0.456 e. The molecule has 6 heteroatoms. The number of carbonyl (C=O) groups excluding carboxylic acids is 2. The van der Waals surface area contributed by atoms with E-state index in [4.69, 9.17) is 10.5 Å². The Morgan fingerprint density at radius 1 is 1.50 bits per heavy atom. The normalized spacial score (nSPS) is 8.42. The van der Waals surface area contributed by atoms with Crippen molar-refractivity contribution in [2.24, 2.45) is 5.73 Å². The fourth-order valence-electron chi connectivity index (χ4n) is 0.407. The molecule has 0 aromatic carbocycles. The van der Waals surface area contributed by atoms with E-state index < -0.39 is 5.97 Å². The molecule has 0 saturated carbocycles. The summed E-state index contributed by atoms with van der Waals surface area (Å²) in [5, 5.41) is 0. The molecule has 0 heterocycles. The van der Waals surface area contributed by atoms with Gasteiger partial charge in [0, 0.05) is 6.54 Å². The predicted octanol–water partition coefficient (Wildman–Crippen LogP) is -0.874. The Bertz CT molecular complexity index is 131. The minimum Gasteiger partial charge on any atom is -0.456 e. The second-order valence-corrected chi connectivity index (χ2v) is 1.69. The fourth-order valence-corrected chi connectivity index (χ4v) is 0.407. The van der Waals surface area contributed by atoms with Gasteiger partial charge in [0.15, 0.2) is 6.29 Å². The van der Waals surface area contributed by atoms with Crippen LogP contribution in [0, 0.1) is 0 Å². The first-order valence-electron chi connectivity index (χ1n) is 3.18. The molecule has 0 radical (unpaired) electrons. The van der Waals surface area contributed by atoms with Crippen molar-refractivity contribution < 1.29 is 19.1 Å². The van der Waals surface area contributed by atoms with Crippen molar-refractivity contribution in [1.82, 2.24) is 0 Å². The summed E-state index contributed by atoms with van der Waals surface area (Å²) < 4.78 is 9.09. The van der Waals surface area contributed by atoms with Crippen LogP contribution in [0.1, 0.15) is 0 Å². The summed E-state index contributed by atoms with van der Waals surface area (Å²) in [7, 11) is 0. The lowest BCUT2D eigenvalue weighted by Crippen LogP contribution is -2.17. The lowest BCUT2D eigenvalue weighted by atomic mass is 10.7. The molecule has 5 nitrogen and oxygen atoms in total. The van der Waals surface area contributed by atoms with Crippen molar-refractivity contribution >= 4 is 24.7 Å². The molecule has 0 aliphatic rings. The quantitative estimate of drug-likeness (QED) is 0.340. The van der Waals surface area contributed by atoms with Crippen LogP contribution in [0.2, 0.25) is 0 Å². The smallest absolute Gasteiger partial charge is 0.332 e. The molecule has 0 spiro atoms. The van der Waals surface area contributed by atoms with Gasteiger partial charge < -0.3 is 15.2 Å². The van der Waals surface area contributed by atoms with E-state index in [-0.39, 0.29) is 25.6 Å². The van der Waals surface area contributed by atoms with Gasteiger partial charge in [-0.1, -0.05) is 0 Å². The van der Waals surface area contributed by atoms with Gasteiger partial charge in [-0.05, 0) is 0 Å². The van der Waals surface area contributed by atoms with Gasteiger partial charge in [0.2, 0.25) is 0 Å². The summed E-state index contributed by atoms with van der Waals surface area (Å²) in [5.41, 5.74) is 5.08. The Balaban J connectivity index is 0. The van der Waals surface area contributed by atoms with Crippen molar-refractivity contribution in [1.29, 1.82) is 0 Å². The van der Waals surface area contributed by atoms with E-state index in [2.05, 4.69) is 4.74 Å². The average Bonchev–Trinajstić information content (AvgIpc) is 2.01. The van der Waals surface area contributed by atoms with Gasteiger partial charge in [0.05, 0.1) is 6.61 Å². The molecule has 0 aromatic rings. The summed E-state index contributed by atoms with van der Waals surface area (Å²) >= 11 is 0. The molecule has 0 saturated heterocycles. The highest BCUT2D eigenvalue weighted by molar-refractivity contribution is 5.85. The number of hydrogen-bond donors (Lipinski definition) is 1. The maximum Gasteiger partial charge on any atom is 0.332 e. The second-order valence-electron chi connectivity index (χ2n) is 1.69. The summed E-state index contributed by atoms with van der Waals surface area (Å²) in [6.45, 7) is 0.313. The third-order valence-corrected chi connectivity index (χ3v) is 0.794. The van der Waals surface area contributed by atoms with Crippen molar-refractivity contribution in [2.45, 2.75) is 0 Å². The molecule has 72 valence electrons. The van der Waals surface area contributed by atoms with Gasteiger partial charge in [-0.25, -0.2) is 4.79 Å². The Labute approximate surface area is 76.6 Å². The topological polar surface area (TPSA) is 78.6 Å². The lowest BCUT2D eigenvalue weighted by Gasteiger charge is -2.00. The van der Waals surface area contributed by atoms with E-state index in [1.807, 2.05) is 0 Å². The molecule has 0 atom stereocenters. The fraction of sp³-hybridized carbons (Fsp3) is 0.667. The molecular formula is C6H12ClNO4. The van der Waals surface area contributed by atoms with Crippen molar-refractivity contribution in [2.75, 3.05) is 26.4 Å². The van der Waals surface area contributed by atoms with Crippen LogP contribution in [0.15, 0.2) is 0 Å². The molecule has 0 aliphatic carbocycles. The number of ether oxygens (including phenoxy) is 2. The average molecular weight is 198 g/mol. The summed E-state index contributed by atoms with van der Waals surface area (Å²) in [5.74, 6) is -0.550. The zero-order valence-corrected chi connectivity index (χ0v) is 7.34. The monoisotopic (exact) mass is 197 g/mol. The molecule has 0 amide bonds. The second kappa shape index (κ2) is 10.3. The Morgan fingerprint density at radius 2 is 2.17 bits per heavy atom. The summed E-state index contributed by atoms with van der Waals surface area (Å²) in [4.78, 5) is 20.2. The predicted molar refractivity (Wildman–Crippen MR) is 44.1 cm³/mol. The molecule has 12 heavy (non-hydrogen) atoms. The number of rotatable bonds is 6. The number of halogens is 1. The van der Waals surface area contributed by atoms with E-state index in [1.54, 1.807) is 0 Å². The third-order valence-electron chi connectivity index (χ3n) is 0.794. The zero-order chi connectivity index (χ0) is 8.53. The summed E-state index contributed by atoms with van der Waals surface area (Å²) in [6, 6.07) is 0. The van der Waals surface area contributed by atoms with Crippen molar-refractivity contribution in [3.8, 4) is 0 Å². The van der Waals surface area contributed by atoms with Gasteiger partial charge >= 0.3 is 5.97 Å². The number of aldehydes is 1. The van der Waals surface area contributed by atoms with Crippen LogP contribution in [0.4, 0.5) is 0 Å². The van der Waals surface area contributed by atoms with Crippen LogP contribution in [0.25, 0.3) is 0 Å². The van der Waals surface area contributed by atoms with Crippen LogP contribution < -0.4 is 5.73 Å². The molecule has 0 bridgehead atoms. The van der Waals surface area contributed by atoms with Gasteiger partial charge in [-0.2, -0.15) is 0 Å². The van der Waals surface area contributed by atoms with Gasteiger partial charge in [-0.15, -0.1) is 12.4 Å². The molecule has 0 unspecified atom stereocenters. The highest BCUT2D eigenvalue weighted by Crippen LogP contribution is 1.78. The molecule has 0 aliphatic heterocycles. The molecule has 0 fully saturated rings. The van der Waals surface area contributed by atoms with Crippen LogP contribution in [0.5, 0.6) is 0 Å². The Morgan fingerprint density at radius 3 is 2.67 bits per heavy atom. The van der Waals surface area contributed by atoms with Gasteiger partial charge in [0.1, 0.15) is 13.2 Å². The SMILES string of the molecule is Cl.NCCOCC(=O)OCC=O. The molecule has 0 aromatic heterocycles. The lowest BCUT2D eigenvalue weighted by molar-refractivity contribution is -0.150. The van der Waals surface area contributed by atoms with E-state index in [0.29, 0.717) is 19.4 Å². The Hall–Kier alpha value is -0.650. The van der Waals surface area contributed by atoms with E-state index >= 15 is 0 Å². The number of esters is 1. The van der Waals surface area contributed by atoms with Crippen LogP contribution in [0.3, 0.4) is 0 Å². The van der Waals surface area contributed by atoms with Crippen LogP contribution in [-0.4, -0.2) is 38.6 Å². The number of carbonyl (C=O) groups is 2. The van der Waals surface area contributed by atoms with Crippen LogP contribution >= 0.6 is 12.4 Å². The maximum absolute atomic E-state index is 10.5. The first kappa shape index (κ1) is 13.9. The molecule has 2 N–H and O–H groups in total. The molecular weight excluding hydrogens is 186 g/mol. The molecule has 0 rings (SSSR count). The van der Waals surface area contributed by atoms with Gasteiger partial charge in [0.25, 0.3) is 0 Å². The minimum absolute atomic E-state index is 0. The first-order chi connectivity index (χ1) is 5.31. The number of nitrogens with two attached hydrogens (primary N) is 1. The third kappa shape index (κ3) is 9.35. The minimum atomic E-state index is -0.550. The first-order valence-corrected chi connectivity index (χ1v) is 3.18. The highest BCUT2D eigenvalue weighted by atomic mass is 35.5. The van der Waals surface area contributed by atoms with Crippen LogP contribution in [-0.2, 0) is 19.1 Å². The van der Waals surface area contributed by atoms with Crippen molar-refractivity contribution in [3.05, 3.63) is 0 Å². The standard InChI is InChI=1S/C6H11NO4.ClH/c7-1-3-10-5-6(9)11-4-2-8;/h2H,1,3-5,7H2;1H. The maximum atomic E-state index is 10.5. The Kier molecular flexibility index (Phi) is 12.0. The van der Waals surface area contributed by atoms with E-state index in [1.165, 1.54) is 0 Å². The van der Waals surface area contributed by atoms with Gasteiger partial charge in [-0.3, -0.25) is 4.79 Å². The summed E-state index contributed by atoms with van der Waals surface area (Å²) in [6.07, 6.45) is 0.501. The van der Waals surface area contributed by atoms with E-state index in [9.17, 15) is 9.59 Å². The highest BCUT2D eigenvalue weighted by Gasteiger charge is 2.00.